The maximum Gasteiger partial charge on any atom is 0.283 e. The van der Waals surface area contributed by atoms with E-state index < -0.39 is 6.10 Å². The van der Waals surface area contributed by atoms with Gasteiger partial charge in [0, 0.05) is 19.8 Å². The average Bonchev–Trinajstić information content (AvgIpc) is 2.59. The van der Waals surface area contributed by atoms with E-state index in [-0.39, 0.29) is 12.5 Å². The monoisotopic (exact) mass is 339 g/mol. The van der Waals surface area contributed by atoms with E-state index in [9.17, 15) is 4.79 Å². The molecule has 7 nitrogen and oxygen atoms in total. The lowest BCUT2D eigenvalue weighted by Gasteiger charge is -2.25. The summed E-state index contributed by atoms with van der Waals surface area (Å²) in [5.41, 5.74) is 5.15. The van der Waals surface area contributed by atoms with Crippen molar-refractivity contribution in [2.24, 2.45) is 0 Å². The van der Waals surface area contributed by atoms with Crippen molar-refractivity contribution in [2.75, 3.05) is 26.4 Å². The van der Waals surface area contributed by atoms with Gasteiger partial charge >= 0.3 is 0 Å². The molecule has 1 atom stereocenters. The summed E-state index contributed by atoms with van der Waals surface area (Å²) in [5.74, 6) is 0.837. The van der Waals surface area contributed by atoms with Crippen LogP contribution in [0.25, 0.3) is 0 Å². The van der Waals surface area contributed by atoms with E-state index in [4.69, 9.17) is 26.4 Å². The summed E-state index contributed by atoms with van der Waals surface area (Å²) in [6.07, 6.45) is 0.109. The second kappa shape index (κ2) is 9.16. The van der Waals surface area contributed by atoms with Crippen molar-refractivity contribution >= 4 is 23.2 Å². The number of hydrogen-bond donors (Lipinski definition) is 3. The molecule has 126 valence electrons. The van der Waals surface area contributed by atoms with E-state index in [2.05, 4.69) is 16.2 Å². The van der Waals surface area contributed by atoms with E-state index in [0.717, 1.165) is 6.42 Å². The molecule has 1 aliphatic heterocycles. The molecule has 1 aromatic carbocycles. The highest BCUT2D eigenvalue weighted by atomic mass is 32.1. The first-order valence-electron chi connectivity index (χ1n) is 7.50. The van der Waals surface area contributed by atoms with Gasteiger partial charge in [-0.25, -0.2) is 0 Å². The number of rotatable bonds is 6. The van der Waals surface area contributed by atoms with Crippen LogP contribution in [0.5, 0.6) is 11.5 Å². The summed E-state index contributed by atoms with van der Waals surface area (Å²) in [5, 5.41) is 3.31. The SMILES string of the molecule is CCOCCCNC(=S)NNC(=O)C1COc2ccccc2O1. The molecule has 1 unspecified atom stereocenters. The van der Waals surface area contributed by atoms with Gasteiger partial charge < -0.3 is 19.5 Å². The third-order valence-corrected chi connectivity index (χ3v) is 3.30. The van der Waals surface area contributed by atoms with Gasteiger partial charge in [-0.2, -0.15) is 0 Å². The second-order valence-corrected chi connectivity index (χ2v) is 5.19. The fourth-order valence-corrected chi connectivity index (χ4v) is 2.07. The molecule has 2 rings (SSSR count). The number of hydrogen-bond acceptors (Lipinski definition) is 5. The summed E-state index contributed by atoms with van der Waals surface area (Å²) in [4.78, 5) is 12.0. The van der Waals surface area contributed by atoms with Crippen LogP contribution in [-0.2, 0) is 9.53 Å². The number of ether oxygens (including phenoxy) is 3. The summed E-state index contributed by atoms with van der Waals surface area (Å²) in [7, 11) is 0. The molecule has 0 aliphatic carbocycles. The van der Waals surface area contributed by atoms with E-state index in [1.807, 2.05) is 19.1 Å². The van der Waals surface area contributed by atoms with Crippen molar-refractivity contribution in [3.05, 3.63) is 24.3 Å². The number of fused-ring (bicyclic) bond motifs is 1. The van der Waals surface area contributed by atoms with Gasteiger partial charge in [0.25, 0.3) is 5.91 Å². The van der Waals surface area contributed by atoms with E-state index in [1.165, 1.54) is 0 Å². The predicted molar refractivity (Wildman–Crippen MR) is 89.3 cm³/mol. The molecule has 1 heterocycles. The Morgan fingerprint density at radius 1 is 1.35 bits per heavy atom. The fourth-order valence-electron chi connectivity index (χ4n) is 1.91. The Morgan fingerprint density at radius 2 is 2.13 bits per heavy atom. The minimum Gasteiger partial charge on any atom is -0.485 e. The zero-order valence-corrected chi connectivity index (χ0v) is 13.8. The molecule has 0 bridgehead atoms. The number of amides is 1. The predicted octanol–water partition coefficient (Wildman–Crippen LogP) is 0.748. The van der Waals surface area contributed by atoms with E-state index >= 15 is 0 Å². The summed E-state index contributed by atoms with van der Waals surface area (Å²) >= 11 is 5.07. The molecule has 3 N–H and O–H groups in total. The van der Waals surface area contributed by atoms with E-state index in [0.29, 0.717) is 36.4 Å². The lowest BCUT2D eigenvalue weighted by Crippen LogP contribution is -2.53. The van der Waals surface area contributed by atoms with Crippen LogP contribution in [0.1, 0.15) is 13.3 Å². The Balaban J connectivity index is 1.66. The third kappa shape index (κ3) is 5.57. The zero-order valence-electron chi connectivity index (χ0n) is 13.0. The second-order valence-electron chi connectivity index (χ2n) is 4.78. The minimum atomic E-state index is -0.724. The first-order chi connectivity index (χ1) is 11.2. The lowest BCUT2D eigenvalue weighted by atomic mass is 10.2. The highest BCUT2D eigenvalue weighted by Crippen LogP contribution is 2.30. The highest BCUT2D eigenvalue weighted by molar-refractivity contribution is 7.80. The highest BCUT2D eigenvalue weighted by Gasteiger charge is 2.27. The number of thiocarbonyl (C=S) groups is 1. The molecule has 1 aliphatic rings. The Labute approximate surface area is 140 Å². The van der Waals surface area contributed by atoms with Gasteiger partial charge in [0.15, 0.2) is 16.6 Å². The molecule has 8 heteroatoms. The van der Waals surface area contributed by atoms with Crippen molar-refractivity contribution in [1.82, 2.24) is 16.2 Å². The van der Waals surface area contributed by atoms with Gasteiger partial charge in [0.05, 0.1) is 0 Å². The molecule has 0 fully saturated rings. The van der Waals surface area contributed by atoms with Crippen LogP contribution >= 0.6 is 12.2 Å². The molecule has 1 amide bonds. The number of carbonyl (C=O) groups excluding carboxylic acids is 1. The Hall–Kier alpha value is -2.06. The molecule has 23 heavy (non-hydrogen) atoms. The smallest absolute Gasteiger partial charge is 0.283 e. The summed E-state index contributed by atoms with van der Waals surface area (Å²) in [6.45, 7) is 4.14. The standard InChI is InChI=1S/C15H21N3O4S/c1-2-20-9-5-8-16-15(23)18-17-14(19)13-10-21-11-6-3-4-7-12(11)22-13/h3-4,6-7,13H,2,5,8-10H2,1H3,(H,17,19)(H2,16,18,23). The number of hydrazine groups is 1. The van der Waals surface area contributed by atoms with Crippen LogP contribution in [0.4, 0.5) is 0 Å². The topological polar surface area (TPSA) is 80.9 Å². The summed E-state index contributed by atoms with van der Waals surface area (Å²) in [6, 6.07) is 7.22. The van der Waals surface area contributed by atoms with Gasteiger partial charge in [0.2, 0.25) is 6.10 Å². The quantitative estimate of drug-likeness (QED) is 0.401. The van der Waals surface area contributed by atoms with Crippen LogP contribution < -0.4 is 25.6 Å². The number of para-hydroxylation sites is 2. The molecule has 1 aromatic rings. The van der Waals surface area contributed by atoms with Crippen LogP contribution in [0.3, 0.4) is 0 Å². The molecule has 0 saturated carbocycles. The third-order valence-electron chi connectivity index (χ3n) is 3.06. The minimum absolute atomic E-state index is 0.152. The van der Waals surface area contributed by atoms with Crippen LogP contribution in [-0.4, -0.2) is 43.5 Å². The van der Waals surface area contributed by atoms with Gasteiger partial charge in [-0.05, 0) is 37.7 Å². The molecular weight excluding hydrogens is 318 g/mol. The average molecular weight is 339 g/mol. The number of benzene rings is 1. The Bertz CT molecular complexity index is 541. The van der Waals surface area contributed by atoms with Gasteiger partial charge in [-0.3, -0.25) is 15.6 Å². The molecule has 0 saturated heterocycles. The zero-order chi connectivity index (χ0) is 16.5. The van der Waals surface area contributed by atoms with Crippen molar-refractivity contribution in [3.63, 3.8) is 0 Å². The van der Waals surface area contributed by atoms with Crippen molar-refractivity contribution in [3.8, 4) is 11.5 Å². The van der Waals surface area contributed by atoms with Crippen molar-refractivity contribution < 1.29 is 19.0 Å². The first kappa shape index (κ1) is 17.3. The number of carbonyl (C=O) groups is 1. The molecular formula is C15H21N3O4S. The molecule has 0 aromatic heterocycles. The van der Waals surface area contributed by atoms with Gasteiger partial charge in [0.1, 0.15) is 6.61 Å². The first-order valence-corrected chi connectivity index (χ1v) is 7.91. The normalized spacial score (nSPS) is 15.6. The van der Waals surface area contributed by atoms with Crippen molar-refractivity contribution in [2.45, 2.75) is 19.4 Å². The number of nitrogens with one attached hydrogen (secondary N) is 3. The Kier molecular flexibility index (Phi) is 6.89. The molecule has 0 spiro atoms. The molecule has 0 radical (unpaired) electrons. The van der Waals surface area contributed by atoms with Gasteiger partial charge in [-0.15, -0.1) is 0 Å². The van der Waals surface area contributed by atoms with Crippen LogP contribution in [0, 0.1) is 0 Å². The maximum atomic E-state index is 12.0. The summed E-state index contributed by atoms with van der Waals surface area (Å²) < 4.78 is 16.3. The van der Waals surface area contributed by atoms with Crippen molar-refractivity contribution in [1.29, 1.82) is 0 Å². The fraction of sp³-hybridized carbons (Fsp3) is 0.467. The Morgan fingerprint density at radius 3 is 2.91 bits per heavy atom. The van der Waals surface area contributed by atoms with Crippen LogP contribution in [0.2, 0.25) is 0 Å². The van der Waals surface area contributed by atoms with Gasteiger partial charge in [-0.1, -0.05) is 12.1 Å². The maximum absolute atomic E-state index is 12.0. The van der Waals surface area contributed by atoms with Crippen LogP contribution in [0.15, 0.2) is 24.3 Å². The van der Waals surface area contributed by atoms with E-state index in [1.54, 1.807) is 12.1 Å². The largest absolute Gasteiger partial charge is 0.485 e. The lowest BCUT2D eigenvalue weighted by molar-refractivity contribution is -0.130.